The van der Waals surface area contributed by atoms with E-state index in [0.29, 0.717) is 31.0 Å². The van der Waals surface area contributed by atoms with E-state index in [4.69, 9.17) is 4.74 Å². The highest BCUT2D eigenvalue weighted by Crippen LogP contribution is 2.29. The van der Waals surface area contributed by atoms with E-state index in [9.17, 15) is 9.59 Å². The van der Waals surface area contributed by atoms with E-state index in [1.807, 2.05) is 43.3 Å². The van der Waals surface area contributed by atoms with Crippen molar-refractivity contribution in [3.63, 3.8) is 0 Å². The summed E-state index contributed by atoms with van der Waals surface area (Å²) >= 11 is 1.54. The topological polar surface area (TPSA) is 72.4 Å². The standard InChI is InChI=1S/C25H29N3O3S/c1-18-8-10-19(11-9-18)25(30)26-12-13-28-16-23(21-6-2-3-7-22(21)28)32-17-24(29)27-15-20-5-4-14-31-20/h2-3,6-11,16,20H,4-5,12-15,17H2,1H3,(H,26,30)(H,27,29)/t20-/m1/s1. The van der Waals surface area contributed by atoms with Gasteiger partial charge < -0.3 is 19.9 Å². The lowest BCUT2D eigenvalue weighted by atomic mass is 10.1. The third kappa shape index (κ3) is 5.72. The first kappa shape index (κ1) is 22.4. The third-order valence-corrected chi connectivity index (χ3v) is 6.66. The summed E-state index contributed by atoms with van der Waals surface area (Å²) < 4.78 is 7.70. The lowest BCUT2D eigenvalue weighted by Gasteiger charge is -2.10. The predicted octanol–water partition coefficient (Wildman–Crippen LogP) is 3.77. The van der Waals surface area contributed by atoms with Crippen LogP contribution < -0.4 is 10.6 Å². The van der Waals surface area contributed by atoms with Crippen molar-refractivity contribution < 1.29 is 14.3 Å². The number of hydrogen-bond acceptors (Lipinski definition) is 4. The predicted molar refractivity (Wildman–Crippen MR) is 128 cm³/mol. The SMILES string of the molecule is Cc1ccc(C(=O)NCCn2cc(SCC(=O)NC[C@H]3CCCO3)c3ccccc32)cc1. The van der Waals surface area contributed by atoms with Crippen molar-refractivity contribution in [2.45, 2.75) is 37.3 Å². The summed E-state index contributed by atoms with van der Waals surface area (Å²) in [6, 6.07) is 15.7. The van der Waals surface area contributed by atoms with Gasteiger partial charge in [-0.1, -0.05) is 35.9 Å². The Bertz CT molecular complexity index is 1070. The summed E-state index contributed by atoms with van der Waals surface area (Å²) in [5.74, 6) is 0.317. The largest absolute Gasteiger partial charge is 0.376 e. The van der Waals surface area contributed by atoms with E-state index in [1.165, 1.54) is 11.8 Å². The van der Waals surface area contributed by atoms with Crippen molar-refractivity contribution in [1.82, 2.24) is 15.2 Å². The monoisotopic (exact) mass is 451 g/mol. The van der Waals surface area contributed by atoms with E-state index < -0.39 is 0 Å². The number of carbonyl (C=O) groups is 2. The molecule has 1 aliphatic heterocycles. The quantitative estimate of drug-likeness (QED) is 0.486. The fraction of sp³-hybridized carbons (Fsp3) is 0.360. The molecule has 2 N–H and O–H groups in total. The number of rotatable bonds is 9. The molecular weight excluding hydrogens is 422 g/mol. The van der Waals surface area contributed by atoms with Crippen molar-refractivity contribution in [2.75, 3.05) is 25.4 Å². The minimum absolute atomic E-state index is 0.0210. The second-order valence-corrected chi connectivity index (χ2v) is 9.07. The van der Waals surface area contributed by atoms with Crippen LogP contribution in [0.4, 0.5) is 0 Å². The van der Waals surface area contributed by atoms with Gasteiger partial charge in [0.05, 0.1) is 11.9 Å². The minimum atomic E-state index is -0.0704. The van der Waals surface area contributed by atoms with E-state index in [-0.39, 0.29) is 17.9 Å². The lowest BCUT2D eigenvalue weighted by molar-refractivity contribution is -0.119. The number of ether oxygens (including phenoxy) is 1. The van der Waals surface area contributed by atoms with Gasteiger partial charge in [0.15, 0.2) is 0 Å². The van der Waals surface area contributed by atoms with Crippen molar-refractivity contribution in [1.29, 1.82) is 0 Å². The Kier molecular flexibility index (Phi) is 7.50. The molecule has 1 aliphatic rings. The van der Waals surface area contributed by atoms with Crippen LogP contribution >= 0.6 is 11.8 Å². The van der Waals surface area contributed by atoms with E-state index in [1.54, 1.807) is 0 Å². The number of fused-ring (bicyclic) bond motifs is 1. The molecule has 0 aliphatic carbocycles. The normalized spacial score (nSPS) is 15.7. The first-order valence-corrected chi connectivity index (χ1v) is 12.0. The Morgan fingerprint density at radius 2 is 1.94 bits per heavy atom. The molecule has 3 aromatic rings. The van der Waals surface area contributed by atoms with Gasteiger partial charge in [0, 0.05) is 53.8 Å². The third-order valence-electron chi connectivity index (χ3n) is 5.61. The van der Waals surface area contributed by atoms with Crippen molar-refractivity contribution >= 4 is 34.5 Å². The molecule has 4 rings (SSSR count). The first-order valence-electron chi connectivity index (χ1n) is 11.0. The number of aromatic nitrogens is 1. The Hall–Kier alpha value is -2.77. The highest BCUT2D eigenvalue weighted by molar-refractivity contribution is 8.00. The van der Waals surface area contributed by atoms with Gasteiger partial charge in [-0.2, -0.15) is 0 Å². The highest BCUT2D eigenvalue weighted by Gasteiger charge is 2.17. The molecule has 6 nitrogen and oxygen atoms in total. The lowest BCUT2D eigenvalue weighted by Crippen LogP contribution is -2.32. The molecule has 1 fully saturated rings. The number of para-hydroxylation sites is 1. The smallest absolute Gasteiger partial charge is 0.251 e. The summed E-state index contributed by atoms with van der Waals surface area (Å²) in [5, 5.41) is 7.09. The molecule has 0 radical (unpaired) electrons. The molecule has 168 valence electrons. The van der Waals surface area contributed by atoms with E-state index in [2.05, 4.69) is 33.5 Å². The van der Waals surface area contributed by atoms with E-state index in [0.717, 1.165) is 40.8 Å². The number of amides is 2. The van der Waals surface area contributed by atoms with Gasteiger partial charge in [-0.05, 0) is 38.0 Å². The fourth-order valence-corrected chi connectivity index (χ4v) is 4.76. The van der Waals surface area contributed by atoms with Crippen LogP contribution in [-0.4, -0.2) is 47.9 Å². The number of nitrogens with one attached hydrogen (secondary N) is 2. The summed E-state index contributed by atoms with van der Waals surface area (Å²) in [6.45, 7) is 4.56. The van der Waals surface area contributed by atoms with Gasteiger partial charge in [-0.15, -0.1) is 11.8 Å². The maximum absolute atomic E-state index is 12.4. The zero-order valence-corrected chi connectivity index (χ0v) is 19.1. The van der Waals surface area contributed by atoms with Crippen molar-refractivity contribution in [3.8, 4) is 0 Å². The molecule has 0 bridgehead atoms. The number of nitrogens with zero attached hydrogens (tertiary/aromatic N) is 1. The maximum atomic E-state index is 12.4. The second kappa shape index (κ2) is 10.7. The number of benzene rings is 2. The van der Waals surface area contributed by atoms with Crippen molar-refractivity contribution in [3.05, 3.63) is 65.9 Å². The van der Waals surface area contributed by atoms with Crippen LogP contribution in [-0.2, 0) is 16.1 Å². The average molecular weight is 452 g/mol. The number of carbonyl (C=O) groups excluding carboxylic acids is 2. The zero-order chi connectivity index (χ0) is 22.3. The number of hydrogen-bond donors (Lipinski definition) is 2. The number of thioether (sulfide) groups is 1. The van der Waals surface area contributed by atoms with Crippen LogP contribution in [0.15, 0.2) is 59.6 Å². The second-order valence-electron chi connectivity index (χ2n) is 8.05. The minimum Gasteiger partial charge on any atom is -0.376 e. The van der Waals surface area contributed by atoms with Crippen LogP contribution in [0.1, 0.15) is 28.8 Å². The maximum Gasteiger partial charge on any atom is 0.251 e. The van der Waals surface area contributed by atoms with Crippen LogP contribution in [0, 0.1) is 6.92 Å². The van der Waals surface area contributed by atoms with Crippen LogP contribution in [0.25, 0.3) is 10.9 Å². The van der Waals surface area contributed by atoms with Gasteiger partial charge in [0.25, 0.3) is 5.91 Å². The van der Waals surface area contributed by atoms with Crippen LogP contribution in [0.3, 0.4) is 0 Å². The molecule has 2 heterocycles. The summed E-state index contributed by atoms with van der Waals surface area (Å²) in [4.78, 5) is 25.7. The molecule has 1 atom stereocenters. The van der Waals surface area contributed by atoms with Gasteiger partial charge >= 0.3 is 0 Å². The summed E-state index contributed by atoms with van der Waals surface area (Å²) in [5.41, 5.74) is 2.89. The Morgan fingerprint density at radius 1 is 1.12 bits per heavy atom. The zero-order valence-electron chi connectivity index (χ0n) is 18.3. The molecule has 0 spiro atoms. The number of aryl methyl sites for hydroxylation is 1. The molecule has 2 amide bonds. The Labute approximate surface area is 192 Å². The van der Waals surface area contributed by atoms with Gasteiger partial charge in [0.1, 0.15) is 0 Å². The van der Waals surface area contributed by atoms with E-state index >= 15 is 0 Å². The molecule has 0 unspecified atom stereocenters. The van der Waals surface area contributed by atoms with Crippen LogP contribution in [0.2, 0.25) is 0 Å². The fourth-order valence-electron chi connectivity index (χ4n) is 3.84. The molecule has 2 aromatic carbocycles. The molecular formula is C25H29N3O3S. The van der Waals surface area contributed by atoms with Gasteiger partial charge in [-0.3, -0.25) is 9.59 Å². The Morgan fingerprint density at radius 3 is 2.72 bits per heavy atom. The Balaban J connectivity index is 1.33. The average Bonchev–Trinajstić information content (AvgIpc) is 3.45. The molecule has 7 heteroatoms. The summed E-state index contributed by atoms with van der Waals surface area (Å²) in [7, 11) is 0. The van der Waals surface area contributed by atoms with Gasteiger partial charge in [-0.25, -0.2) is 0 Å². The van der Waals surface area contributed by atoms with Gasteiger partial charge in [0.2, 0.25) is 5.91 Å². The highest BCUT2D eigenvalue weighted by atomic mass is 32.2. The molecule has 1 saturated heterocycles. The van der Waals surface area contributed by atoms with Crippen molar-refractivity contribution in [2.24, 2.45) is 0 Å². The molecule has 1 aromatic heterocycles. The molecule has 0 saturated carbocycles. The van der Waals surface area contributed by atoms with Crippen LogP contribution in [0.5, 0.6) is 0 Å². The summed E-state index contributed by atoms with van der Waals surface area (Å²) in [6.07, 6.45) is 4.31. The molecule has 32 heavy (non-hydrogen) atoms. The first-order chi connectivity index (χ1) is 15.6.